The van der Waals surface area contributed by atoms with Crippen molar-refractivity contribution in [2.75, 3.05) is 0 Å². The lowest BCUT2D eigenvalue weighted by Crippen LogP contribution is -2.09. The molecule has 2 radical (unpaired) electrons. The topological polar surface area (TPSA) is 26.3 Å². The zero-order valence-electron chi connectivity index (χ0n) is 8.89. The van der Waals surface area contributed by atoms with Crippen LogP contribution in [0.1, 0.15) is 10.4 Å². The zero-order chi connectivity index (χ0) is 12.3. The fraction of sp³-hybridized carbons (Fsp3) is 0. The van der Waals surface area contributed by atoms with E-state index in [4.69, 9.17) is 12.6 Å². The van der Waals surface area contributed by atoms with Gasteiger partial charge in [-0.2, -0.15) is 0 Å². The van der Waals surface area contributed by atoms with E-state index in [1.54, 1.807) is 24.3 Å². The van der Waals surface area contributed by atoms with Crippen LogP contribution in [0.3, 0.4) is 0 Å². The number of hydrogen-bond donors (Lipinski definition) is 0. The monoisotopic (exact) mass is 226 g/mol. The van der Waals surface area contributed by atoms with E-state index >= 15 is 0 Å². The van der Waals surface area contributed by atoms with E-state index in [1.165, 1.54) is 24.3 Å². The first-order valence-electron chi connectivity index (χ1n) is 4.98. The van der Waals surface area contributed by atoms with Crippen molar-refractivity contribution in [3.63, 3.8) is 0 Å². The lowest BCUT2D eigenvalue weighted by atomic mass is 9.97. The number of hydrogen-bond acceptors (Lipinski definition) is 2. The van der Waals surface area contributed by atoms with Crippen LogP contribution < -0.4 is 10.2 Å². The van der Waals surface area contributed by atoms with Gasteiger partial charge in [-0.15, -0.1) is 0 Å². The summed E-state index contributed by atoms with van der Waals surface area (Å²) < 4.78 is 17.7. The normalized spacial score (nSPS) is 9.94. The Kier molecular flexibility index (Phi) is 3.23. The largest absolute Gasteiger partial charge is 0.423 e. The predicted molar refractivity (Wildman–Crippen MR) is 63.2 cm³/mol. The maximum Gasteiger partial charge on any atom is 0.343 e. The van der Waals surface area contributed by atoms with E-state index < -0.39 is 11.8 Å². The minimum atomic E-state index is -0.533. The first-order valence-corrected chi connectivity index (χ1v) is 4.98. The maximum atomic E-state index is 12.7. The van der Waals surface area contributed by atoms with Crippen molar-refractivity contribution in [3.05, 3.63) is 59.9 Å². The highest BCUT2D eigenvalue weighted by molar-refractivity contribution is 6.32. The second-order valence-electron chi connectivity index (χ2n) is 3.47. The molecule has 0 aliphatic carbocycles. The molecule has 0 amide bonds. The van der Waals surface area contributed by atoms with Crippen molar-refractivity contribution >= 4 is 19.3 Å². The second-order valence-corrected chi connectivity index (χ2v) is 3.47. The smallest absolute Gasteiger partial charge is 0.343 e. The molecule has 2 nitrogen and oxygen atoms in total. The van der Waals surface area contributed by atoms with Gasteiger partial charge in [-0.1, -0.05) is 17.6 Å². The summed E-state index contributed by atoms with van der Waals surface area (Å²) in [5, 5.41) is 0. The molecule has 0 spiro atoms. The number of benzene rings is 2. The van der Waals surface area contributed by atoms with Crippen molar-refractivity contribution in [1.82, 2.24) is 0 Å². The van der Waals surface area contributed by atoms with Crippen LogP contribution in [0.2, 0.25) is 0 Å². The van der Waals surface area contributed by atoms with Crippen LogP contribution in [0.15, 0.2) is 48.5 Å². The van der Waals surface area contributed by atoms with Gasteiger partial charge in [0.05, 0.1) is 5.56 Å². The summed E-state index contributed by atoms with van der Waals surface area (Å²) in [5.41, 5.74) is 0.884. The van der Waals surface area contributed by atoms with Gasteiger partial charge in [-0.3, -0.25) is 0 Å². The molecule has 17 heavy (non-hydrogen) atoms. The van der Waals surface area contributed by atoms with Crippen LogP contribution >= 0.6 is 0 Å². The lowest BCUT2D eigenvalue weighted by molar-refractivity contribution is 0.0735. The molecule has 2 aromatic rings. The van der Waals surface area contributed by atoms with Crippen molar-refractivity contribution in [2.24, 2.45) is 0 Å². The Morgan fingerprint density at radius 1 is 1.00 bits per heavy atom. The Bertz CT molecular complexity index is 520. The molecule has 0 heterocycles. The number of ether oxygens (including phenoxy) is 1. The molecule has 0 fully saturated rings. The number of carbonyl (C=O) groups excluding carboxylic acids is 1. The van der Waals surface area contributed by atoms with Crippen molar-refractivity contribution < 1.29 is 13.9 Å². The average Bonchev–Trinajstić information content (AvgIpc) is 2.33. The molecule has 0 aliphatic rings. The molecule has 82 valence electrons. The Labute approximate surface area is 99.4 Å². The highest BCUT2D eigenvalue weighted by Crippen LogP contribution is 2.11. The van der Waals surface area contributed by atoms with Gasteiger partial charge in [0, 0.05) is 0 Å². The molecule has 0 aromatic heterocycles. The van der Waals surface area contributed by atoms with Gasteiger partial charge >= 0.3 is 5.97 Å². The van der Waals surface area contributed by atoms with Crippen LogP contribution in [-0.4, -0.2) is 13.8 Å². The number of halogens is 1. The molecule has 2 rings (SSSR count). The zero-order valence-corrected chi connectivity index (χ0v) is 8.89. The highest BCUT2D eigenvalue weighted by Gasteiger charge is 2.07. The minimum absolute atomic E-state index is 0.295. The van der Waals surface area contributed by atoms with E-state index in [0.717, 1.165) is 0 Å². The molecule has 2 aromatic carbocycles. The molecular weight excluding hydrogens is 218 g/mol. The summed E-state index contributed by atoms with van der Waals surface area (Å²) in [6.07, 6.45) is 0. The van der Waals surface area contributed by atoms with Crippen LogP contribution in [0, 0.1) is 5.82 Å². The van der Waals surface area contributed by atoms with E-state index in [2.05, 4.69) is 0 Å². The summed E-state index contributed by atoms with van der Waals surface area (Å²) in [6, 6.07) is 11.6. The SMILES string of the molecule is [B]c1ccc(OC(=O)c2ccc(F)cc2)cc1. The first-order chi connectivity index (χ1) is 8.15. The molecular formula is C13H8BFO2. The highest BCUT2D eigenvalue weighted by atomic mass is 19.1. The first kappa shape index (κ1) is 11.4. The Hall–Kier alpha value is -2.10. The van der Waals surface area contributed by atoms with E-state index in [0.29, 0.717) is 16.8 Å². The van der Waals surface area contributed by atoms with E-state index in [1.807, 2.05) is 0 Å². The lowest BCUT2D eigenvalue weighted by Gasteiger charge is -2.04. The summed E-state index contributed by atoms with van der Waals surface area (Å²) >= 11 is 0. The predicted octanol–water partition coefficient (Wildman–Crippen LogP) is 1.84. The maximum absolute atomic E-state index is 12.7. The van der Waals surface area contributed by atoms with E-state index in [-0.39, 0.29) is 0 Å². The van der Waals surface area contributed by atoms with Gasteiger partial charge in [0.15, 0.2) is 0 Å². The quantitative estimate of drug-likeness (QED) is 0.443. The van der Waals surface area contributed by atoms with Gasteiger partial charge < -0.3 is 4.74 Å². The fourth-order valence-corrected chi connectivity index (χ4v) is 1.29. The third-order valence-electron chi connectivity index (χ3n) is 2.17. The van der Waals surface area contributed by atoms with Crippen LogP contribution in [0.4, 0.5) is 4.39 Å². The molecule has 0 saturated carbocycles. The number of esters is 1. The van der Waals surface area contributed by atoms with Gasteiger partial charge in [-0.05, 0) is 36.4 Å². The summed E-state index contributed by atoms with van der Waals surface area (Å²) in [6.45, 7) is 0. The van der Waals surface area contributed by atoms with Crippen LogP contribution in [-0.2, 0) is 0 Å². The van der Waals surface area contributed by atoms with Crippen LogP contribution in [0.25, 0.3) is 0 Å². The van der Waals surface area contributed by atoms with Crippen LogP contribution in [0.5, 0.6) is 5.75 Å². The summed E-state index contributed by atoms with van der Waals surface area (Å²) in [4.78, 5) is 11.6. The van der Waals surface area contributed by atoms with Crippen molar-refractivity contribution in [3.8, 4) is 5.75 Å². The number of carbonyl (C=O) groups is 1. The third kappa shape index (κ3) is 2.94. The second kappa shape index (κ2) is 4.83. The van der Waals surface area contributed by atoms with Crippen molar-refractivity contribution in [2.45, 2.75) is 0 Å². The van der Waals surface area contributed by atoms with Crippen molar-refractivity contribution in [1.29, 1.82) is 0 Å². The van der Waals surface area contributed by atoms with Gasteiger partial charge in [0.1, 0.15) is 19.4 Å². The summed E-state index contributed by atoms with van der Waals surface area (Å²) in [5.74, 6) is -0.530. The minimum Gasteiger partial charge on any atom is -0.423 e. The third-order valence-corrected chi connectivity index (χ3v) is 2.17. The van der Waals surface area contributed by atoms with E-state index in [9.17, 15) is 9.18 Å². The fourth-order valence-electron chi connectivity index (χ4n) is 1.29. The van der Waals surface area contributed by atoms with Gasteiger partial charge in [-0.25, -0.2) is 9.18 Å². The molecule has 0 aliphatic heterocycles. The molecule has 0 unspecified atom stereocenters. The molecule has 0 saturated heterocycles. The number of rotatable bonds is 2. The molecule has 4 heteroatoms. The summed E-state index contributed by atoms with van der Waals surface area (Å²) in [7, 11) is 5.50. The Morgan fingerprint density at radius 2 is 1.59 bits per heavy atom. The molecule has 0 bridgehead atoms. The standard InChI is InChI=1S/C13H8BFO2/c14-10-3-7-12(8-4-10)17-13(16)9-1-5-11(15)6-2-9/h1-8H. The Balaban J connectivity index is 2.11. The van der Waals surface area contributed by atoms with Gasteiger partial charge in [0.25, 0.3) is 0 Å². The Morgan fingerprint density at radius 3 is 2.18 bits per heavy atom. The molecule has 0 atom stereocenters. The molecule has 0 N–H and O–H groups in total. The average molecular weight is 226 g/mol. The van der Waals surface area contributed by atoms with Gasteiger partial charge in [0.2, 0.25) is 0 Å².